The Morgan fingerprint density at radius 1 is 0.862 bits per heavy atom. The van der Waals surface area contributed by atoms with Crippen molar-refractivity contribution in [2.45, 2.75) is 43.3 Å². The number of benzene rings is 3. The molecule has 29 heavy (non-hydrogen) atoms. The second-order valence-corrected chi connectivity index (χ2v) is 8.17. The van der Waals surface area contributed by atoms with E-state index in [-0.39, 0.29) is 17.1 Å². The van der Waals surface area contributed by atoms with E-state index in [0.717, 1.165) is 33.5 Å². The van der Waals surface area contributed by atoms with Crippen LogP contribution < -0.4 is 10.6 Å². The fourth-order valence-corrected chi connectivity index (χ4v) is 4.09. The molecular formula is C24H26N2O2S. The number of hydrogen-bond donors (Lipinski definition) is 2. The topological polar surface area (TPSA) is 58.2 Å². The summed E-state index contributed by atoms with van der Waals surface area (Å²) in [5.41, 5.74) is 1.56. The molecule has 2 N–H and O–H groups in total. The van der Waals surface area contributed by atoms with Gasteiger partial charge in [0.2, 0.25) is 11.8 Å². The maximum atomic E-state index is 12.8. The van der Waals surface area contributed by atoms with Gasteiger partial charge in [0.15, 0.2) is 0 Å². The molecule has 0 saturated carbocycles. The van der Waals surface area contributed by atoms with E-state index in [0.29, 0.717) is 12.8 Å². The van der Waals surface area contributed by atoms with Crippen LogP contribution in [0.3, 0.4) is 0 Å². The Labute approximate surface area is 176 Å². The minimum atomic E-state index is -0.219. The minimum absolute atomic E-state index is 0.00994. The molecule has 2 amide bonds. The van der Waals surface area contributed by atoms with Crippen molar-refractivity contribution in [1.29, 1.82) is 0 Å². The smallest absolute Gasteiger partial charge is 0.237 e. The zero-order chi connectivity index (χ0) is 20.6. The number of rotatable bonds is 8. The van der Waals surface area contributed by atoms with E-state index in [2.05, 4.69) is 16.7 Å². The number of nitrogens with one attached hydrogen (secondary N) is 2. The van der Waals surface area contributed by atoms with E-state index >= 15 is 0 Å². The Kier molecular flexibility index (Phi) is 7.30. The largest absolute Gasteiger partial charge is 0.326 e. The van der Waals surface area contributed by atoms with Crippen LogP contribution >= 0.6 is 11.8 Å². The minimum Gasteiger partial charge on any atom is -0.326 e. The molecule has 0 radical (unpaired) electrons. The van der Waals surface area contributed by atoms with Gasteiger partial charge in [-0.15, -0.1) is 11.8 Å². The van der Waals surface area contributed by atoms with Crippen LogP contribution in [0.2, 0.25) is 0 Å². The van der Waals surface area contributed by atoms with Gasteiger partial charge in [0, 0.05) is 22.7 Å². The van der Waals surface area contributed by atoms with Gasteiger partial charge in [-0.05, 0) is 53.9 Å². The van der Waals surface area contributed by atoms with Crippen LogP contribution in [0.1, 0.15) is 33.1 Å². The van der Waals surface area contributed by atoms with Crippen molar-refractivity contribution in [2.75, 3.05) is 10.6 Å². The average molecular weight is 407 g/mol. The number of fused-ring (bicyclic) bond motifs is 1. The number of thioether (sulfide) groups is 1. The molecule has 0 aliphatic rings. The fraction of sp³-hybridized carbons (Fsp3) is 0.250. The van der Waals surface area contributed by atoms with Gasteiger partial charge in [0.25, 0.3) is 0 Å². The predicted octanol–water partition coefficient (Wildman–Crippen LogP) is 6.09. The van der Waals surface area contributed by atoms with E-state index in [1.54, 1.807) is 0 Å². The van der Waals surface area contributed by atoms with E-state index in [4.69, 9.17) is 0 Å². The summed E-state index contributed by atoms with van der Waals surface area (Å²) in [6.45, 7) is 3.98. The van der Waals surface area contributed by atoms with Crippen LogP contribution in [0.5, 0.6) is 0 Å². The summed E-state index contributed by atoms with van der Waals surface area (Å²) in [5.74, 6) is -0.0102. The molecule has 3 rings (SSSR count). The molecule has 0 heterocycles. The Balaban J connectivity index is 1.67. The molecule has 0 spiro atoms. The van der Waals surface area contributed by atoms with Crippen molar-refractivity contribution in [2.24, 2.45) is 0 Å². The molecule has 0 aliphatic carbocycles. The molecule has 0 saturated heterocycles. The molecule has 3 aromatic carbocycles. The maximum absolute atomic E-state index is 12.8. The van der Waals surface area contributed by atoms with Gasteiger partial charge in [-0.25, -0.2) is 0 Å². The number of anilines is 2. The lowest BCUT2D eigenvalue weighted by atomic mass is 10.1. The van der Waals surface area contributed by atoms with Crippen molar-refractivity contribution in [3.63, 3.8) is 0 Å². The highest BCUT2D eigenvalue weighted by Gasteiger charge is 2.18. The highest BCUT2D eigenvalue weighted by molar-refractivity contribution is 8.00. The van der Waals surface area contributed by atoms with Crippen LogP contribution in [-0.4, -0.2) is 17.1 Å². The number of carbonyl (C=O) groups is 2. The summed E-state index contributed by atoms with van der Waals surface area (Å²) >= 11 is 1.51. The summed E-state index contributed by atoms with van der Waals surface area (Å²) in [6, 6.07) is 21.7. The SMILES string of the molecule is CCCC(=O)Nc1cccc(SC(CC)C(=O)Nc2ccc3ccccc3c2)c1. The van der Waals surface area contributed by atoms with Crippen LogP contribution in [0, 0.1) is 0 Å². The molecule has 1 atom stereocenters. The first-order valence-electron chi connectivity index (χ1n) is 9.95. The van der Waals surface area contributed by atoms with Gasteiger partial charge in [-0.1, -0.05) is 50.2 Å². The third kappa shape index (κ3) is 5.84. The third-order valence-electron chi connectivity index (χ3n) is 4.55. The zero-order valence-electron chi connectivity index (χ0n) is 16.8. The quantitative estimate of drug-likeness (QED) is 0.445. The Morgan fingerprint density at radius 3 is 2.38 bits per heavy atom. The van der Waals surface area contributed by atoms with Gasteiger partial charge in [-0.2, -0.15) is 0 Å². The zero-order valence-corrected chi connectivity index (χ0v) is 17.6. The molecule has 3 aromatic rings. The summed E-state index contributed by atoms with van der Waals surface area (Å²) in [4.78, 5) is 25.6. The van der Waals surface area contributed by atoms with Crippen LogP contribution in [0.25, 0.3) is 10.8 Å². The van der Waals surface area contributed by atoms with Gasteiger partial charge in [0.05, 0.1) is 5.25 Å². The van der Waals surface area contributed by atoms with E-state index in [9.17, 15) is 9.59 Å². The number of carbonyl (C=O) groups excluding carboxylic acids is 2. The number of amides is 2. The Bertz CT molecular complexity index is 1000. The van der Waals surface area contributed by atoms with Crippen molar-refractivity contribution >= 4 is 45.7 Å². The molecule has 1 unspecified atom stereocenters. The van der Waals surface area contributed by atoms with Crippen molar-refractivity contribution in [3.8, 4) is 0 Å². The average Bonchev–Trinajstić information content (AvgIpc) is 2.72. The summed E-state index contributed by atoms with van der Waals surface area (Å²) < 4.78 is 0. The first kappa shape index (κ1) is 20.9. The number of hydrogen-bond acceptors (Lipinski definition) is 3. The predicted molar refractivity (Wildman–Crippen MR) is 122 cm³/mol. The maximum Gasteiger partial charge on any atom is 0.237 e. The summed E-state index contributed by atoms with van der Waals surface area (Å²) in [7, 11) is 0. The van der Waals surface area contributed by atoms with Crippen molar-refractivity contribution in [1.82, 2.24) is 0 Å². The Hall–Kier alpha value is -2.79. The second-order valence-electron chi connectivity index (χ2n) is 6.89. The molecule has 0 fully saturated rings. The Morgan fingerprint density at radius 2 is 1.62 bits per heavy atom. The summed E-state index contributed by atoms with van der Waals surface area (Å²) in [5, 5.41) is 7.97. The van der Waals surface area contributed by atoms with Gasteiger partial charge >= 0.3 is 0 Å². The lowest BCUT2D eigenvalue weighted by Crippen LogP contribution is -2.24. The van der Waals surface area contributed by atoms with E-state index < -0.39 is 0 Å². The van der Waals surface area contributed by atoms with Crippen molar-refractivity contribution in [3.05, 3.63) is 66.7 Å². The lowest BCUT2D eigenvalue weighted by Gasteiger charge is -2.16. The first-order chi connectivity index (χ1) is 14.1. The van der Waals surface area contributed by atoms with E-state index in [1.807, 2.05) is 74.5 Å². The first-order valence-corrected chi connectivity index (χ1v) is 10.8. The standard InChI is InChI=1S/C24H26N2O2S/c1-3-8-23(27)25-19-11-7-12-21(16-19)29-22(4-2)24(28)26-20-14-13-17-9-5-6-10-18(17)15-20/h5-7,9-16,22H,3-4,8H2,1-2H3,(H,25,27)(H,26,28). The third-order valence-corrected chi connectivity index (χ3v) is 5.91. The van der Waals surface area contributed by atoms with Crippen LogP contribution in [0.15, 0.2) is 71.6 Å². The molecular weight excluding hydrogens is 380 g/mol. The van der Waals surface area contributed by atoms with Crippen LogP contribution in [0.4, 0.5) is 11.4 Å². The van der Waals surface area contributed by atoms with Gasteiger partial charge in [0.1, 0.15) is 0 Å². The highest BCUT2D eigenvalue weighted by atomic mass is 32.2. The van der Waals surface area contributed by atoms with Gasteiger partial charge in [-0.3, -0.25) is 9.59 Å². The monoisotopic (exact) mass is 406 g/mol. The summed E-state index contributed by atoms with van der Waals surface area (Å²) in [6.07, 6.45) is 2.02. The lowest BCUT2D eigenvalue weighted by molar-refractivity contribution is -0.116. The highest BCUT2D eigenvalue weighted by Crippen LogP contribution is 2.29. The van der Waals surface area contributed by atoms with Crippen molar-refractivity contribution < 1.29 is 9.59 Å². The molecule has 0 aromatic heterocycles. The molecule has 150 valence electrons. The fourth-order valence-electron chi connectivity index (χ4n) is 3.07. The van der Waals surface area contributed by atoms with E-state index in [1.165, 1.54) is 11.8 Å². The molecule has 0 bridgehead atoms. The molecule has 4 nitrogen and oxygen atoms in total. The second kappa shape index (κ2) is 10.1. The molecule has 0 aliphatic heterocycles. The van der Waals surface area contributed by atoms with Gasteiger partial charge < -0.3 is 10.6 Å². The normalized spacial score (nSPS) is 11.8. The molecule has 5 heteroatoms. The van der Waals surface area contributed by atoms with Crippen LogP contribution in [-0.2, 0) is 9.59 Å².